The van der Waals surface area contributed by atoms with E-state index in [2.05, 4.69) is 41.2 Å². The maximum atomic E-state index is 12.6. The summed E-state index contributed by atoms with van der Waals surface area (Å²) in [6.07, 6.45) is 1.96. The highest BCUT2D eigenvalue weighted by Crippen LogP contribution is 2.48. The molecular formula is C18H27N3O. The Kier molecular flexibility index (Phi) is 4.50. The summed E-state index contributed by atoms with van der Waals surface area (Å²) >= 11 is 0. The highest BCUT2D eigenvalue weighted by atomic mass is 16.2. The van der Waals surface area contributed by atoms with E-state index in [4.69, 9.17) is 0 Å². The number of amides is 1. The maximum absolute atomic E-state index is 12.6. The number of carbonyl (C=O) groups excluding carboxylic acids is 1. The first-order valence-corrected chi connectivity index (χ1v) is 8.38. The molecule has 1 heterocycles. The third-order valence-corrected chi connectivity index (χ3v) is 5.23. The van der Waals surface area contributed by atoms with Crippen LogP contribution in [0.3, 0.4) is 0 Å². The van der Waals surface area contributed by atoms with Crippen molar-refractivity contribution in [1.82, 2.24) is 15.1 Å². The molecule has 1 aromatic carbocycles. The Balaban J connectivity index is 1.52. The van der Waals surface area contributed by atoms with Gasteiger partial charge >= 0.3 is 0 Å². The summed E-state index contributed by atoms with van der Waals surface area (Å²) in [5.74, 6) is 0.208. The molecular weight excluding hydrogens is 274 g/mol. The number of likely N-dealkylation sites (N-methyl/N-ethyl adjacent to an activating group) is 1. The van der Waals surface area contributed by atoms with E-state index in [9.17, 15) is 4.79 Å². The summed E-state index contributed by atoms with van der Waals surface area (Å²) < 4.78 is 0. The van der Waals surface area contributed by atoms with Crippen LogP contribution in [0.4, 0.5) is 0 Å². The third-order valence-electron chi connectivity index (χ3n) is 5.23. The number of nitrogens with zero attached hydrogens (tertiary/aromatic N) is 2. The average Bonchev–Trinajstić information content (AvgIpc) is 3.36. The van der Waals surface area contributed by atoms with Crippen molar-refractivity contribution in [3.05, 3.63) is 35.9 Å². The third kappa shape index (κ3) is 3.18. The molecule has 4 heteroatoms. The molecule has 1 amide bonds. The Labute approximate surface area is 133 Å². The van der Waals surface area contributed by atoms with Gasteiger partial charge in [-0.3, -0.25) is 9.69 Å². The van der Waals surface area contributed by atoms with Gasteiger partial charge in [0.1, 0.15) is 0 Å². The number of carbonyl (C=O) groups is 1. The number of nitrogens with one attached hydrogen (secondary N) is 1. The van der Waals surface area contributed by atoms with Gasteiger partial charge in [-0.25, -0.2) is 0 Å². The zero-order valence-electron chi connectivity index (χ0n) is 13.7. The van der Waals surface area contributed by atoms with E-state index in [1.54, 1.807) is 0 Å². The molecule has 0 radical (unpaired) electrons. The van der Waals surface area contributed by atoms with Crippen molar-refractivity contribution in [1.29, 1.82) is 0 Å². The van der Waals surface area contributed by atoms with Crippen LogP contribution in [-0.4, -0.2) is 61.5 Å². The van der Waals surface area contributed by atoms with Crippen molar-refractivity contribution in [2.45, 2.75) is 31.2 Å². The van der Waals surface area contributed by atoms with Crippen molar-refractivity contribution >= 4 is 5.91 Å². The van der Waals surface area contributed by atoms with E-state index in [1.807, 2.05) is 18.2 Å². The fourth-order valence-electron chi connectivity index (χ4n) is 3.33. The Morgan fingerprint density at radius 3 is 2.41 bits per heavy atom. The molecule has 1 unspecified atom stereocenters. The number of hydrogen-bond acceptors (Lipinski definition) is 3. The van der Waals surface area contributed by atoms with E-state index in [0.29, 0.717) is 6.04 Å². The van der Waals surface area contributed by atoms with Crippen LogP contribution in [0, 0.1) is 0 Å². The lowest BCUT2D eigenvalue weighted by Gasteiger charge is -2.36. The van der Waals surface area contributed by atoms with Crippen molar-refractivity contribution in [2.75, 3.05) is 39.8 Å². The van der Waals surface area contributed by atoms with Crippen molar-refractivity contribution in [3.63, 3.8) is 0 Å². The maximum Gasteiger partial charge on any atom is 0.230 e. The van der Waals surface area contributed by atoms with Crippen LogP contribution in [0.1, 0.15) is 25.3 Å². The average molecular weight is 301 g/mol. The Hall–Kier alpha value is -1.39. The topological polar surface area (TPSA) is 35.6 Å². The predicted molar refractivity (Wildman–Crippen MR) is 88.9 cm³/mol. The van der Waals surface area contributed by atoms with Gasteiger partial charge in [0, 0.05) is 38.8 Å². The molecule has 1 aliphatic carbocycles. The number of piperazine rings is 1. The molecule has 22 heavy (non-hydrogen) atoms. The molecule has 0 bridgehead atoms. The molecule has 4 nitrogen and oxygen atoms in total. The number of rotatable bonds is 5. The molecule has 120 valence electrons. The summed E-state index contributed by atoms with van der Waals surface area (Å²) in [6.45, 7) is 7.39. The second-order valence-corrected chi connectivity index (χ2v) is 6.85. The quantitative estimate of drug-likeness (QED) is 0.894. The fourth-order valence-corrected chi connectivity index (χ4v) is 3.33. The zero-order valence-corrected chi connectivity index (χ0v) is 13.7. The minimum absolute atomic E-state index is 0.208. The SMILES string of the molecule is CC(CNC(=O)C1(c2ccccc2)CC1)N1CCN(C)CC1. The first-order valence-electron chi connectivity index (χ1n) is 8.38. The molecule has 1 aliphatic heterocycles. The van der Waals surface area contributed by atoms with Gasteiger partial charge in [0.2, 0.25) is 5.91 Å². The number of benzene rings is 1. The monoisotopic (exact) mass is 301 g/mol. The van der Waals surface area contributed by atoms with Gasteiger partial charge in [0.25, 0.3) is 0 Å². The van der Waals surface area contributed by atoms with Gasteiger partial charge in [-0.2, -0.15) is 0 Å². The van der Waals surface area contributed by atoms with Crippen LogP contribution >= 0.6 is 0 Å². The van der Waals surface area contributed by atoms with E-state index < -0.39 is 0 Å². The summed E-state index contributed by atoms with van der Waals surface area (Å²) in [5, 5.41) is 3.20. The highest BCUT2D eigenvalue weighted by molar-refractivity contribution is 5.91. The lowest BCUT2D eigenvalue weighted by molar-refractivity contribution is -0.123. The van der Waals surface area contributed by atoms with Crippen LogP contribution in [-0.2, 0) is 10.2 Å². The Morgan fingerprint density at radius 2 is 1.82 bits per heavy atom. The van der Waals surface area contributed by atoms with Crippen molar-refractivity contribution < 1.29 is 4.79 Å². The normalized spacial score (nSPS) is 23.0. The van der Waals surface area contributed by atoms with Gasteiger partial charge in [-0.15, -0.1) is 0 Å². The molecule has 2 fully saturated rings. The fraction of sp³-hybridized carbons (Fsp3) is 0.611. The molecule has 1 saturated heterocycles. The molecule has 3 rings (SSSR count). The Bertz CT molecular complexity index is 504. The van der Waals surface area contributed by atoms with Gasteiger partial charge in [-0.1, -0.05) is 30.3 Å². The van der Waals surface area contributed by atoms with Crippen LogP contribution in [0.15, 0.2) is 30.3 Å². The van der Waals surface area contributed by atoms with E-state index in [-0.39, 0.29) is 11.3 Å². The van der Waals surface area contributed by atoms with E-state index in [0.717, 1.165) is 45.6 Å². The smallest absolute Gasteiger partial charge is 0.230 e. The summed E-state index contributed by atoms with van der Waals surface area (Å²) in [6, 6.07) is 10.6. The van der Waals surface area contributed by atoms with Gasteiger partial charge in [0.05, 0.1) is 5.41 Å². The van der Waals surface area contributed by atoms with E-state index in [1.165, 1.54) is 5.56 Å². The molecule has 2 aliphatic rings. The highest BCUT2D eigenvalue weighted by Gasteiger charge is 2.51. The largest absolute Gasteiger partial charge is 0.354 e. The molecule has 0 spiro atoms. The lowest BCUT2D eigenvalue weighted by Crippen LogP contribution is -2.52. The second kappa shape index (κ2) is 6.39. The van der Waals surface area contributed by atoms with Crippen LogP contribution in [0.25, 0.3) is 0 Å². The van der Waals surface area contributed by atoms with Gasteiger partial charge < -0.3 is 10.2 Å². The van der Waals surface area contributed by atoms with Crippen LogP contribution in [0.5, 0.6) is 0 Å². The van der Waals surface area contributed by atoms with Gasteiger partial charge in [-0.05, 0) is 32.4 Å². The minimum atomic E-state index is -0.247. The minimum Gasteiger partial charge on any atom is -0.354 e. The molecule has 1 N–H and O–H groups in total. The number of hydrogen-bond donors (Lipinski definition) is 1. The molecule has 1 aromatic rings. The lowest BCUT2D eigenvalue weighted by atomic mass is 9.95. The summed E-state index contributed by atoms with van der Waals surface area (Å²) in [7, 11) is 2.17. The predicted octanol–water partition coefficient (Wildman–Crippen LogP) is 1.47. The van der Waals surface area contributed by atoms with Crippen molar-refractivity contribution in [2.24, 2.45) is 0 Å². The molecule has 1 saturated carbocycles. The standard InChI is InChI=1S/C18H27N3O/c1-15(21-12-10-20(2)11-13-21)14-19-17(22)18(8-9-18)16-6-4-3-5-7-16/h3-7,15H,8-14H2,1-2H3,(H,19,22). The molecule has 0 aromatic heterocycles. The van der Waals surface area contributed by atoms with Crippen LogP contribution in [0.2, 0.25) is 0 Å². The second-order valence-electron chi connectivity index (χ2n) is 6.85. The summed E-state index contributed by atoms with van der Waals surface area (Å²) in [4.78, 5) is 17.5. The van der Waals surface area contributed by atoms with Crippen molar-refractivity contribution in [3.8, 4) is 0 Å². The van der Waals surface area contributed by atoms with Gasteiger partial charge in [0.15, 0.2) is 0 Å². The van der Waals surface area contributed by atoms with Crippen LogP contribution < -0.4 is 5.32 Å². The Morgan fingerprint density at radius 1 is 1.18 bits per heavy atom. The first-order chi connectivity index (χ1) is 10.6. The molecule has 1 atom stereocenters. The summed E-state index contributed by atoms with van der Waals surface area (Å²) in [5.41, 5.74) is 0.920. The van der Waals surface area contributed by atoms with E-state index >= 15 is 0 Å². The first kappa shape index (κ1) is 15.5. The zero-order chi connectivity index (χ0) is 15.6.